The predicted octanol–water partition coefficient (Wildman–Crippen LogP) is 4.20. The lowest BCUT2D eigenvalue weighted by Gasteiger charge is -2.41. The normalized spacial score (nSPS) is 24.7. The van der Waals surface area contributed by atoms with E-state index >= 15 is 0 Å². The smallest absolute Gasteiger partial charge is 0.268 e. The van der Waals surface area contributed by atoms with Crippen molar-refractivity contribution in [1.29, 1.82) is 0 Å². The van der Waals surface area contributed by atoms with E-state index < -0.39 is 26.0 Å². The van der Waals surface area contributed by atoms with Gasteiger partial charge in [0.25, 0.3) is 10.0 Å². The molecule has 9 heteroatoms. The molecular formula is C29H27FN4O3S. The van der Waals surface area contributed by atoms with Crippen LogP contribution in [0.5, 0.6) is 0 Å². The van der Waals surface area contributed by atoms with Crippen LogP contribution in [0, 0.1) is 11.2 Å². The molecule has 0 bridgehead atoms. The van der Waals surface area contributed by atoms with Crippen molar-refractivity contribution in [3.05, 3.63) is 113 Å². The van der Waals surface area contributed by atoms with Crippen molar-refractivity contribution in [2.45, 2.75) is 30.9 Å². The number of aromatic nitrogens is 3. The van der Waals surface area contributed by atoms with Crippen LogP contribution < -0.4 is 5.32 Å². The molecular weight excluding hydrogens is 503 g/mol. The Morgan fingerprint density at radius 3 is 2.71 bits per heavy atom. The van der Waals surface area contributed by atoms with Gasteiger partial charge >= 0.3 is 0 Å². The summed E-state index contributed by atoms with van der Waals surface area (Å²) < 4.78 is 42.6. The van der Waals surface area contributed by atoms with Crippen molar-refractivity contribution in [3.63, 3.8) is 0 Å². The molecule has 2 aromatic heterocycles. The highest BCUT2D eigenvalue weighted by molar-refractivity contribution is 7.91. The number of ketones is 1. The molecule has 194 valence electrons. The van der Waals surface area contributed by atoms with E-state index in [9.17, 15) is 17.6 Å². The maximum Gasteiger partial charge on any atom is 0.268 e. The minimum Gasteiger partial charge on any atom is -0.315 e. The molecule has 0 spiro atoms. The van der Waals surface area contributed by atoms with Crippen molar-refractivity contribution < 1.29 is 17.6 Å². The van der Waals surface area contributed by atoms with Gasteiger partial charge in [-0.3, -0.25) is 9.78 Å². The summed E-state index contributed by atoms with van der Waals surface area (Å²) >= 11 is 0. The fourth-order valence-electron chi connectivity index (χ4n) is 6.06. The SMILES string of the molecule is CC1=CC=CCC1(c1ccc(F)cc1)S(=O)(=O)n1ncc2c1C=C1CCNC[C@@]1(C(=O)c1ccccn1)C2. The molecule has 0 radical (unpaired) electrons. The summed E-state index contributed by atoms with van der Waals surface area (Å²) in [6.07, 6.45) is 11.5. The number of halogens is 1. The molecule has 1 N–H and O–H groups in total. The maximum atomic E-state index is 14.5. The summed E-state index contributed by atoms with van der Waals surface area (Å²) in [6.45, 7) is 2.91. The van der Waals surface area contributed by atoms with Crippen molar-refractivity contribution in [2.75, 3.05) is 13.1 Å². The molecule has 1 unspecified atom stereocenters. The Kier molecular flexibility index (Phi) is 5.81. The van der Waals surface area contributed by atoms with Crippen LogP contribution in [0.15, 0.2) is 84.2 Å². The minimum absolute atomic E-state index is 0.0863. The Morgan fingerprint density at radius 2 is 1.97 bits per heavy atom. The lowest BCUT2D eigenvalue weighted by Crippen LogP contribution is -2.50. The second kappa shape index (κ2) is 8.96. The fourth-order valence-corrected chi connectivity index (χ4v) is 8.17. The Hall–Kier alpha value is -3.69. The summed E-state index contributed by atoms with van der Waals surface area (Å²) in [5, 5.41) is 7.75. The van der Waals surface area contributed by atoms with E-state index in [0.717, 1.165) is 9.66 Å². The van der Waals surface area contributed by atoms with E-state index in [-0.39, 0.29) is 12.2 Å². The van der Waals surface area contributed by atoms with Crippen LogP contribution in [-0.2, 0) is 21.2 Å². The van der Waals surface area contributed by atoms with Gasteiger partial charge in [0.2, 0.25) is 0 Å². The first-order chi connectivity index (χ1) is 18.3. The second-order valence-corrected chi connectivity index (χ2v) is 12.1. The first-order valence-corrected chi connectivity index (χ1v) is 14.0. The van der Waals surface area contributed by atoms with Gasteiger partial charge in [-0.15, -0.1) is 0 Å². The van der Waals surface area contributed by atoms with Gasteiger partial charge in [-0.25, -0.2) is 12.8 Å². The predicted molar refractivity (Wildman–Crippen MR) is 142 cm³/mol. The summed E-state index contributed by atoms with van der Waals surface area (Å²) in [5.74, 6) is -0.521. The Balaban J connectivity index is 1.49. The van der Waals surface area contributed by atoms with E-state index in [1.165, 1.54) is 24.3 Å². The topological polar surface area (TPSA) is 94.0 Å². The number of rotatable bonds is 5. The highest BCUT2D eigenvalue weighted by Crippen LogP contribution is 2.47. The van der Waals surface area contributed by atoms with Crippen molar-refractivity contribution in [1.82, 2.24) is 19.5 Å². The number of hydrogen-bond acceptors (Lipinski definition) is 6. The number of fused-ring (bicyclic) bond motifs is 2. The molecule has 0 saturated carbocycles. The number of nitrogens with zero attached hydrogens (tertiary/aromatic N) is 3. The maximum absolute atomic E-state index is 14.5. The van der Waals surface area contributed by atoms with Gasteiger partial charge in [-0.1, -0.05) is 42.0 Å². The molecule has 38 heavy (non-hydrogen) atoms. The standard InChI is InChI=1S/C29H27FN4O3S/c1-20-6-2-4-13-29(20,22-8-10-24(30)11-9-22)38(36,37)34-26-16-23-12-15-31-19-28(23,17-21(26)18-33-34)27(35)25-7-3-5-14-32-25/h2-11,14,16,18,31H,12-13,15,17,19H2,1H3/t28-,29?/m0/s1. The van der Waals surface area contributed by atoms with Crippen LogP contribution >= 0.6 is 0 Å². The van der Waals surface area contributed by atoms with Crippen LogP contribution in [0.1, 0.15) is 47.1 Å². The van der Waals surface area contributed by atoms with Gasteiger partial charge in [-0.05, 0) is 74.2 Å². The Morgan fingerprint density at radius 1 is 1.16 bits per heavy atom. The van der Waals surface area contributed by atoms with E-state index in [1.54, 1.807) is 43.6 Å². The largest absolute Gasteiger partial charge is 0.315 e. The number of benzene rings is 1. The van der Waals surface area contributed by atoms with Crippen LogP contribution in [-0.4, -0.2) is 41.5 Å². The van der Waals surface area contributed by atoms with Crippen LogP contribution in [0.25, 0.3) is 6.08 Å². The average molecular weight is 531 g/mol. The molecule has 3 aromatic rings. The highest BCUT2D eigenvalue weighted by Gasteiger charge is 2.52. The first kappa shape index (κ1) is 24.6. The Bertz CT molecular complexity index is 1620. The van der Waals surface area contributed by atoms with E-state index in [2.05, 4.69) is 15.4 Å². The fraction of sp³-hybridized carbons (Fsp3) is 0.276. The molecule has 1 fully saturated rings. The highest BCUT2D eigenvalue weighted by atomic mass is 32.2. The van der Waals surface area contributed by atoms with Crippen LogP contribution in [0.4, 0.5) is 4.39 Å². The van der Waals surface area contributed by atoms with Crippen molar-refractivity contribution in [2.24, 2.45) is 5.41 Å². The minimum atomic E-state index is -4.16. The summed E-state index contributed by atoms with van der Waals surface area (Å²) in [4.78, 5) is 18.1. The monoisotopic (exact) mass is 530 g/mol. The average Bonchev–Trinajstić information content (AvgIpc) is 3.35. The third kappa shape index (κ3) is 3.49. The number of piperidine rings is 1. The molecule has 1 aromatic carbocycles. The zero-order valence-corrected chi connectivity index (χ0v) is 21.7. The molecule has 3 heterocycles. The van der Waals surface area contributed by atoms with Crippen molar-refractivity contribution >= 4 is 21.9 Å². The molecule has 6 rings (SSSR count). The van der Waals surface area contributed by atoms with Gasteiger partial charge in [0, 0.05) is 18.3 Å². The second-order valence-electron chi connectivity index (χ2n) is 10.1. The van der Waals surface area contributed by atoms with E-state index in [4.69, 9.17) is 0 Å². The zero-order valence-electron chi connectivity index (χ0n) is 20.9. The van der Waals surface area contributed by atoms with Gasteiger partial charge < -0.3 is 5.32 Å². The lowest BCUT2D eigenvalue weighted by molar-refractivity contribution is 0.0812. The zero-order chi connectivity index (χ0) is 26.5. The molecule has 1 saturated heterocycles. The van der Waals surface area contributed by atoms with Crippen molar-refractivity contribution in [3.8, 4) is 0 Å². The number of carbonyl (C=O) groups excluding carboxylic acids is 1. The number of Topliss-reactive ketones (excluding diaryl/α,β-unsaturated/α-hetero) is 1. The number of pyridine rings is 1. The first-order valence-electron chi connectivity index (χ1n) is 12.6. The van der Waals surface area contributed by atoms with E-state index in [1.807, 2.05) is 18.2 Å². The molecule has 2 atom stereocenters. The summed E-state index contributed by atoms with van der Waals surface area (Å²) in [5.41, 5.74) is 2.67. The van der Waals surface area contributed by atoms with E-state index in [0.29, 0.717) is 54.0 Å². The molecule has 7 nitrogen and oxygen atoms in total. The third-order valence-electron chi connectivity index (χ3n) is 8.10. The molecule has 0 amide bonds. The van der Waals surface area contributed by atoms with Gasteiger partial charge in [0.15, 0.2) is 5.78 Å². The quantitative estimate of drug-likeness (QED) is 0.497. The molecule has 2 aliphatic carbocycles. The summed E-state index contributed by atoms with van der Waals surface area (Å²) in [7, 11) is -4.16. The third-order valence-corrected chi connectivity index (χ3v) is 10.5. The number of nitrogens with one attached hydrogen (secondary N) is 1. The summed E-state index contributed by atoms with van der Waals surface area (Å²) in [6, 6.07) is 10.9. The molecule has 3 aliphatic rings. The number of hydrogen-bond donors (Lipinski definition) is 1. The lowest BCUT2D eigenvalue weighted by atomic mass is 9.65. The number of allylic oxidation sites excluding steroid dienone is 3. The molecule has 1 aliphatic heterocycles. The Labute approximate surface area is 220 Å². The van der Waals surface area contributed by atoms with Gasteiger partial charge in [0.1, 0.15) is 16.3 Å². The van der Waals surface area contributed by atoms with Gasteiger partial charge in [0.05, 0.1) is 17.3 Å². The van der Waals surface area contributed by atoms with Crippen LogP contribution in [0.3, 0.4) is 0 Å². The van der Waals surface area contributed by atoms with Crippen LogP contribution in [0.2, 0.25) is 0 Å². The number of carbonyl (C=O) groups is 1. The van der Waals surface area contributed by atoms with Gasteiger partial charge in [-0.2, -0.15) is 9.19 Å².